The van der Waals surface area contributed by atoms with E-state index in [0.717, 1.165) is 44.5 Å². The minimum absolute atomic E-state index is 0.123. The van der Waals surface area contributed by atoms with E-state index in [4.69, 9.17) is 4.74 Å². The van der Waals surface area contributed by atoms with E-state index < -0.39 is 0 Å². The van der Waals surface area contributed by atoms with Crippen LogP contribution in [0.5, 0.6) is 0 Å². The summed E-state index contributed by atoms with van der Waals surface area (Å²) in [6.07, 6.45) is 4.95. The van der Waals surface area contributed by atoms with Crippen LogP contribution in [0.1, 0.15) is 32.1 Å². The number of hydrogen-bond donors (Lipinski definition) is 3. The summed E-state index contributed by atoms with van der Waals surface area (Å²) >= 11 is 0. The van der Waals surface area contributed by atoms with Crippen molar-refractivity contribution in [1.82, 2.24) is 20.8 Å². The lowest BCUT2D eigenvalue weighted by atomic mass is 10.0. The molecule has 2 fully saturated rings. The first-order chi connectivity index (χ1) is 11.7. The van der Waals surface area contributed by atoms with E-state index in [1.807, 2.05) is 0 Å². The Balaban J connectivity index is 1.52. The first-order valence-electron chi connectivity index (χ1n) is 8.67. The number of hydrogen-bond acceptors (Lipinski definition) is 5. The highest BCUT2D eigenvalue weighted by atomic mass is 16.5. The number of nitrogens with one attached hydrogen (secondary N) is 3. The predicted octanol–water partition coefficient (Wildman–Crippen LogP) is 0.607. The summed E-state index contributed by atoms with van der Waals surface area (Å²) in [4.78, 5) is 25.4. The van der Waals surface area contributed by atoms with Gasteiger partial charge in [0.1, 0.15) is 5.82 Å². The molecule has 24 heavy (non-hydrogen) atoms. The third kappa shape index (κ3) is 4.47. The number of carbonyl (C=O) groups is 1. The number of aromatic amines is 1. The molecule has 1 atom stereocenters. The smallest absolute Gasteiger partial charge is 0.315 e. The Labute approximate surface area is 141 Å². The maximum Gasteiger partial charge on any atom is 0.315 e. The molecular formula is C16H25N5O3. The molecule has 2 amide bonds. The summed E-state index contributed by atoms with van der Waals surface area (Å²) in [5.74, 6) is 0.755. The summed E-state index contributed by atoms with van der Waals surface area (Å²) in [6, 6.07) is 3.49. The van der Waals surface area contributed by atoms with E-state index >= 15 is 0 Å². The van der Waals surface area contributed by atoms with Crippen molar-refractivity contribution < 1.29 is 9.53 Å². The topological polar surface area (TPSA) is 99.4 Å². The summed E-state index contributed by atoms with van der Waals surface area (Å²) < 4.78 is 5.30. The number of aromatic nitrogens is 2. The molecule has 1 aromatic heterocycles. The van der Waals surface area contributed by atoms with Gasteiger partial charge in [-0.1, -0.05) is 0 Å². The predicted molar refractivity (Wildman–Crippen MR) is 90.2 cm³/mol. The second-order valence-corrected chi connectivity index (χ2v) is 6.36. The molecule has 0 aromatic carbocycles. The number of urea groups is 1. The molecule has 2 saturated heterocycles. The van der Waals surface area contributed by atoms with Crippen LogP contribution in [-0.2, 0) is 4.74 Å². The number of carbonyl (C=O) groups excluding carboxylic acids is 1. The third-order valence-electron chi connectivity index (χ3n) is 4.64. The lowest BCUT2D eigenvalue weighted by molar-refractivity contribution is 0.0800. The first kappa shape index (κ1) is 16.8. The van der Waals surface area contributed by atoms with Gasteiger partial charge in [0, 0.05) is 44.5 Å². The fourth-order valence-electron chi connectivity index (χ4n) is 3.30. The molecule has 3 rings (SSSR count). The van der Waals surface area contributed by atoms with Gasteiger partial charge in [0.15, 0.2) is 0 Å². The molecule has 0 aliphatic carbocycles. The molecular weight excluding hydrogens is 310 g/mol. The fourth-order valence-corrected chi connectivity index (χ4v) is 3.30. The molecule has 3 N–H and O–H groups in total. The van der Waals surface area contributed by atoms with Crippen molar-refractivity contribution in [1.29, 1.82) is 0 Å². The van der Waals surface area contributed by atoms with Crippen molar-refractivity contribution in [2.75, 3.05) is 31.2 Å². The molecule has 132 valence electrons. The molecule has 0 spiro atoms. The summed E-state index contributed by atoms with van der Waals surface area (Å²) in [7, 11) is 0. The van der Waals surface area contributed by atoms with Crippen LogP contribution in [0.4, 0.5) is 10.6 Å². The lowest BCUT2D eigenvalue weighted by Gasteiger charge is -2.36. The highest BCUT2D eigenvalue weighted by Crippen LogP contribution is 2.21. The monoisotopic (exact) mass is 335 g/mol. The van der Waals surface area contributed by atoms with Crippen molar-refractivity contribution in [2.45, 2.75) is 44.2 Å². The van der Waals surface area contributed by atoms with Crippen LogP contribution in [0.2, 0.25) is 0 Å². The Morgan fingerprint density at radius 2 is 2.12 bits per heavy atom. The number of ether oxygens (including phenoxy) is 1. The number of nitrogens with zero attached hydrogens (tertiary/aromatic N) is 2. The zero-order valence-corrected chi connectivity index (χ0v) is 13.8. The SMILES string of the molecule is O=C(NCC1CCCCN1c1ccc(=O)[nH]n1)NC1CCOCC1. The van der Waals surface area contributed by atoms with Gasteiger partial charge in [0.25, 0.3) is 5.56 Å². The van der Waals surface area contributed by atoms with Crippen LogP contribution in [0.25, 0.3) is 0 Å². The third-order valence-corrected chi connectivity index (χ3v) is 4.64. The Morgan fingerprint density at radius 1 is 1.29 bits per heavy atom. The van der Waals surface area contributed by atoms with E-state index in [1.165, 1.54) is 6.07 Å². The Morgan fingerprint density at radius 3 is 2.88 bits per heavy atom. The minimum atomic E-state index is -0.207. The molecule has 1 aromatic rings. The second kappa shape index (κ2) is 8.14. The van der Waals surface area contributed by atoms with Gasteiger partial charge in [-0.3, -0.25) is 4.79 Å². The van der Waals surface area contributed by atoms with Gasteiger partial charge < -0.3 is 20.3 Å². The lowest BCUT2D eigenvalue weighted by Crippen LogP contribution is -2.51. The molecule has 1 unspecified atom stereocenters. The fraction of sp³-hybridized carbons (Fsp3) is 0.688. The van der Waals surface area contributed by atoms with E-state index in [9.17, 15) is 9.59 Å². The number of H-pyrrole nitrogens is 1. The molecule has 3 heterocycles. The summed E-state index contributed by atoms with van der Waals surface area (Å²) in [5, 5.41) is 12.6. The standard InChI is InChI=1S/C16H25N5O3/c22-15-5-4-14(19-20-15)21-8-2-1-3-13(21)11-17-16(23)18-12-6-9-24-10-7-12/h4-5,12-13H,1-3,6-11H2,(H,20,22)(H2,17,18,23). The van der Waals surface area contributed by atoms with E-state index in [1.54, 1.807) is 6.07 Å². The van der Waals surface area contributed by atoms with Crippen molar-refractivity contribution >= 4 is 11.8 Å². The highest BCUT2D eigenvalue weighted by molar-refractivity contribution is 5.74. The highest BCUT2D eigenvalue weighted by Gasteiger charge is 2.24. The maximum absolute atomic E-state index is 12.1. The van der Waals surface area contributed by atoms with Crippen LogP contribution in [-0.4, -0.2) is 54.6 Å². The molecule has 2 aliphatic heterocycles. The molecule has 0 radical (unpaired) electrons. The normalized spacial score (nSPS) is 22.2. The zero-order chi connectivity index (χ0) is 16.8. The van der Waals surface area contributed by atoms with Crippen LogP contribution in [0.3, 0.4) is 0 Å². The largest absolute Gasteiger partial charge is 0.381 e. The molecule has 8 heteroatoms. The average molecular weight is 335 g/mol. The van der Waals surface area contributed by atoms with Gasteiger partial charge in [0.2, 0.25) is 0 Å². The van der Waals surface area contributed by atoms with Crippen molar-refractivity contribution in [3.63, 3.8) is 0 Å². The second-order valence-electron chi connectivity index (χ2n) is 6.36. The van der Waals surface area contributed by atoms with Gasteiger partial charge in [-0.05, 0) is 38.2 Å². The number of piperidine rings is 1. The zero-order valence-electron chi connectivity index (χ0n) is 13.8. The summed E-state index contributed by atoms with van der Waals surface area (Å²) in [6.45, 7) is 2.86. The minimum Gasteiger partial charge on any atom is -0.381 e. The van der Waals surface area contributed by atoms with E-state index in [-0.39, 0.29) is 23.7 Å². The summed E-state index contributed by atoms with van der Waals surface area (Å²) in [5.41, 5.74) is -0.207. The van der Waals surface area contributed by atoms with Gasteiger partial charge in [-0.2, -0.15) is 5.10 Å². The first-order valence-corrected chi connectivity index (χ1v) is 8.67. The van der Waals surface area contributed by atoms with Crippen molar-refractivity contribution in [3.05, 3.63) is 22.5 Å². The average Bonchev–Trinajstić information content (AvgIpc) is 2.62. The molecule has 0 bridgehead atoms. The van der Waals surface area contributed by atoms with Crippen LogP contribution < -0.4 is 21.1 Å². The Kier molecular flexibility index (Phi) is 5.68. The van der Waals surface area contributed by atoms with Gasteiger partial charge in [-0.25, -0.2) is 9.89 Å². The van der Waals surface area contributed by atoms with E-state index in [2.05, 4.69) is 25.7 Å². The quantitative estimate of drug-likeness (QED) is 0.748. The number of anilines is 1. The van der Waals surface area contributed by atoms with Gasteiger partial charge in [0.05, 0.1) is 0 Å². The number of rotatable bonds is 4. The van der Waals surface area contributed by atoms with Gasteiger partial charge in [-0.15, -0.1) is 0 Å². The van der Waals surface area contributed by atoms with Crippen LogP contribution in [0, 0.1) is 0 Å². The molecule has 2 aliphatic rings. The van der Waals surface area contributed by atoms with Crippen molar-refractivity contribution in [3.8, 4) is 0 Å². The van der Waals surface area contributed by atoms with Crippen LogP contribution in [0.15, 0.2) is 16.9 Å². The van der Waals surface area contributed by atoms with E-state index in [0.29, 0.717) is 19.8 Å². The molecule has 0 saturated carbocycles. The maximum atomic E-state index is 12.1. The molecule has 8 nitrogen and oxygen atoms in total. The Hall–Kier alpha value is -2.09. The Bertz CT molecular complexity index is 579. The van der Waals surface area contributed by atoms with Gasteiger partial charge >= 0.3 is 6.03 Å². The number of amides is 2. The van der Waals surface area contributed by atoms with Crippen LogP contribution >= 0.6 is 0 Å². The van der Waals surface area contributed by atoms with Crippen molar-refractivity contribution in [2.24, 2.45) is 0 Å².